The molecule has 104 valence electrons. The van der Waals surface area contributed by atoms with Gasteiger partial charge in [-0.3, -0.25) is 4.79 Å². The van der Waals surface area contributed by atoms with Gasteiger partial charge in [0.15, 0.2) is 0 Å². The highest BCUT2D eigenvalue weighted by Gasteiger charge is 2.45. The fourth-order valence-electron chi connectivity index (χ4n) is 2.57. The number of rotatable bonds is 6. The lowest BCUT2D eigenvalue weighted by Crippen LogP contribution is -2.33. The first-order chi connectivity index (χ1) is 9.17. The summed E-state index contributed by atoms with van der Waals surface area (Å²) < 4.78 is 0. The van der Waals surface area contributed by atoms with E-state index in [1.165, 1.54) is 5.56 Å². The lowest BCUT2D eigenvalue weighted by Gasteiger charge is -2.20. The van der Waals surface area contributed by atoms with Crippen LogP contribution in [0.5, 0.6) is 5.75 Å². The van der Waals surface area contributed by atoms with Crippen molar-refractivity contribution in [3.63, 3.8) is 0 Å². The number of hydrogen-bond donors (Lipinski definition) is 1. The molecule has 0 saturated heterocycles. The molecule has 1 aromatic rings. The molecule has 1 N–H and O–H groups in total. The van der Waals surface area contributed by atoms with Crippen LogP contribution in [0.2, 0.25) is 0 Å². The first-order valence-electron chi connectivity index (χ1n) is 7.25. The number of carbonyl (C=O) groups is 1. The third kappa shape index (κ3) is 3.28. The summed E-state index contributed by atoms with van der Waals surface area (Å²) in [6.45, 7) is 5.88. The van der Waals surface area contributed by atoms with Crippen LogP contribution in [0.15, 0.2) is 24.3 Å². The Kier molecular flexibility index (Phi) is 4.46. The first kappa shape index (κ1) is 13.9. The maximum atomic E-state index is 12.4. The number of hydrogen-bond acceptors (Lipinski definition) is 2. The average Bonchev–Trinajstić information content (AvgIpc) is 3.20. The van der Waals surface area contributed by atoms with Crippen LogP contribution in [-0.2, 0) is 4.79 Å². The highest BCUT2D eigenvalue weighted by atomic mass is 16.3. The van der Waals surface area contributed by atoms with Gasteiger partial charge in [0.05, 0.1) is 0 Å². The van der Waals surface area contributed by atoms with Crippen molar-refractivity contribution in [2.24, 2.45) is 5.92 Å². The molecule has 0 aliphatic heterocycles. The van der Waals surface area contributed by atoms with Gasteiger partial charge in [-0.1, -0.05) is 25.5 Å². The lowest BCUT2D eigenvalue weighted by atomic mass is 10.1. The van der Waals surface area contributed by atoms with Gasteiger partial charge in [-0.25, -0.2) is 0 Å². The van der Waals surface area contributed by atoms with E-state index < -0.39 is 0 Å². The summed E-state index contributed by atoms with van der Waals surface area (Å²) in [5, 5.41) is 9.28. The summed E-state index contributed by atoms with van der Waals surface area (Å²) in [5.74, 6) is 1.09. The smallest absolute Gasteiger partial charge is 0.226 e. The van der Waals surface area contributed by atoms with Gasteiger partial charge in [0, 0.05) is 19.0 Å². The summed E-state index contributed by atoms with van der Waals surface area (Å²) in [4.78, 5) is 14.4. The number of aromatic hydroxyl groups is 1. The van der Waals surface area contributed by atoms with Crippen molar-refractivity contribution >= 4 is 5.91 Å². The predicted octanol–water partition coefficient (Wildman–Crippen LogP) is 3.14. The SMILES string of the molecule is CCCCN(CC)C(=O)C1CC1c1ccc(O)cc1. The zero-order valence-electron chi connectivity index (χ0n) is 11.8. The molecule has 1 saturated carbocycles. The number of benzene rings is 1. The van der Waals surface area contributed by atoms with Crippen LogP contribution >= 0.6 is 0 Å². The Balaban J connectivity index is 1.94. The van der Waals surface area contributed by atoms with Crippen LogP contribution in [0.3, 0.4) is 0 Å². The van der Waals surface area contributed by atoms with Crippen molar-refractivity contribution in [2.45, 2.75) is 39.0 Å². The molecule has 3 heteroatoms. The summed E-state index contributed by atoms with van der Waals surface area (Å²) in [6.07, 6.45) is 3.15. The van der Waals surface area contributed by atoms with Gasteiger partial charge in [-0.05, 0) is 43.4 Å². The molecule has 3 nitrogen and oxygen atoms in total. The normalized spacial score (nSPS) is 21.2. The Morgan fingerprint density at radius 2 is 2.00 bits per heavy atom. The second kappa shape index (κ2) is 6.09. The Morgan fingerprint density at radius 1 is 1.32 bits per heavy atom. The van der Waals surface area contributed by atoms with Crippen LogP contribution in [0, 0.1) is 5.92 Å². The molecule has 1 aliphatic carbocycles. The first-order valence-corrected chi connectivity index (χ1v) is 7.25. The largest absolute Gasteiger partial charge is 0.508 e. The van der Waals surface area contributed by atoms with Crippen molar-refractivity contribution in [1.29, 1.82) is 0 Å². The Hall–Kier alpha value is -1.51. The fraction of sp³-hybridized carbons (Fsp3) is 0.562. The molecular formula is C16H23NO2. The Bertz CT molecular complexity index is 427. The minimum atomic E-state index is 0.154. The van der Waals surface area contributed by atoms with Gasteiger partial charge in [-0.2, -0.15) is 0 Å². The second-order valence-electron chi connectivity index (χ2n) is 5.31. The average molecular weight is 261 g/mol. The molecule has 2 rings (SSSR count). The van der Waals surface area contributed by atoms with E-state index in [2.05, 4.69) is 6.92 Å². The Morgan fingerprint density at radius 3 is 2.58 bits per heavy atom. The topological polar surface area (TPSA) is 40.5 Å². The van der Waals surface area contributed by atoms with Gasteiger partial charge in [0.25, 0.3) is 0 Å². The van der Waals surface area contributed by atoms with E-state index in [1.807, 2.05) is 24.0 Å². The molecule has 0 heterocycles. The van der Waals surface area contributed by atoms with E-state index in [4.69, 9.17) is 0 Å². The number of phenolic OH excluding ortho intramolecular Hbond substituents is 1. The molecule has 2 atom stereocenters. The van der Waals surface area contributed by atoms with E-state index in [0.29, 0.717) is 11.8 Å². The van der Waals surface area contributed by atoms with Crippen LogP contribution < -0.4 is 0 Å². The maximum absolute atomic E-state index is 12.4. The molecule has 1 aromatic carbocycles. The molecular weight excluding hydrogens is 238 g/mol. The maximum Gasteiger partial charge on any atom is 0.226 e. The minimum absolute atomic E-state index is 0.154. The summed E-state index contributed by atoms with van der Waals surface area (Å²) >= 11 is 0. The predicted molar refractivity (Wildman–Crippen MR) is 76.1 cm³/mol. The van der Waals surface area contributed by atoms with Crippen molar-refractivity contribution in [3.8, 4) is 5.75 Å². The minimum Gasteiger partial charge on any atom is -0.508 e. The summed E-state index contributed by atoms with van der Waals surface area (Å²) in [6, 6.07) is 7.25. The molecule has 0 spiro atoms. The third-order valence-corrected chi connectivity index (χ3v) is 3.90. The molecule has 0 radical (unpaired) electrons. The van der Waals surface area contributed by atoms with Crippen LogP contribution in [0.1, 0.15) is 44.6 Å². The van der Waals surface area contributed by atoms with Crippen molar-refractivity contribution in [3.05, 3.63) is 29.8 Å². The van der Waals surface area contributed by atoms with Crippen molar-refractivity contribution < 1.29 is 9.90 Å². The monoisotopic (exact) mass is 261 g/mol. The van der Waals surface area contributed by atoms with E-state index >= 15 is 0 Å². The Labute approximate surface area is 115 Å². The van der Waals surface area contributed by atoms with Gasteiger partial charge in [-0.15, -0.1) is 0 Å². The third-order valence-electron chi connectivity index (χ3n) is 3.90. The van der Waals surface area contributed by atoms with E-state index in [1.54, 1.807) is 12.1 Å². The van der Waals surface area contributed by atoms with Crippen LogP contribution in [0.4, 0.5) is 0 Å². The highest BCUT2D eigenvalue weighted by Crippen LogP contribution is 2.48. The van der Waals surface area contributed by atoms with Crippen LogP contribution in [-0.4, -0.2) is 29.0 Å². The number of unbranched alkanes of at least 4 members (excludes halogenated alkanes) is 1. The number of amides is 1. The second-order valence-corrected chi connectivity index (χ2v) is 5.31. The number of carbonyl (C=O) groups excluding carboxylic acids is 1. The van der Waals surface area contributed by atoms with E-state index in [9.17, 15) is 9.90 Å². The van der Waals surface area contributed by atoms with Crippen LogP contribution in [0.25, 0.3) is 0 Å². The standard InChI is InChI=1S/C16H23NO2/c1-3-5-10-17(4-2)16(19)15-11-14(15)12-6-8-13(18)9-7-12/h6-9,14-15,18H,3-5,10-11H2,1-2H3. The molecule has 2 unspecified atom stereocenters. The zero-order valence-corrected chi connectivity index (χ0v) is 11.8. The van der Waals surface area contributed by atoms with Crippen molar-refractivity contribution in [2.75, 3.05) is 13.1 Å². The fourth-order valence-corrected chi connectivity index (χ4v) is 2.57. The number of nitrogens with zero attached hydrogens (tertiary/aromatic N) is 1. The van der Waals surface area contributed by atoms with Crippen molar-refractivity contribution in [1.82, 2.24) is 4.90 Å². The quantitative estimate of drug-likeness (QED) is 0.854. The molecule has 1 aliphatic rings. The van der Waals surface area contributed by atoms with Gasteiger partial charge >= 0.3 is 0 Å². The lowest BCUT2D eigenvalue weighted by molar-refractivity contribution is -0.132. The zero-order chi connectivity index (χ0) is 13.8. The van der Waals surface area contributed by atoms with Gasteiger partial charge in [0.2, 0.25) is 5.91 Å². The molecule has 0 bridgehead atoms. The number of phenols is 1. The van der Waals surface area contributed by atoms with Gasteiger partial charge in [0.1, 0.15) is 5.75 Å². The molecule has 1 amide bonds. The summed E-state index contributed by atoms with van der Waals surface area (Å²) in [7, 11) is 0. The molecule has 0 aromatic heterocycles. The van der Waals surface area contributed by atoms with E-state index in [0.717, 1.165) is 32.4 Å². The molecule has 19 heavy (non-hydrogen) atoms. The molecule has 1 fully saturated rings. The van der Waals surface area contributed by atoms with Gasteiger partial charge < -0.3 is 10.0 Å². The summed E-state index contributed by atoms with van der Waals surface area (Å²) in [5.41, 5.74) is 1.17. The highest BCUT2D eigenvalue weighted by molar-refractivity contribution is 5.83. The van der Waals surface area contributed by atoms with E-state index in [-0.39, 0.29) is 11.7 Å².